The minimum absolute atomic E-state index is 0.155. The van der Waals surface area contributed by atoms with E-state index in [1.54, 1.807) is 0 Å². The lowest BCUT2D eigenvalue weighted by molar-refractivity contribution is -0.0667. The Balaban J connectivity index is 1.75. The molecule has 2 aliphatic heterocycles. The molecule has 0 amide bonds. The fraction of sp³-hybridized carbons (Fsp3) is 1.00. The standard InChI is InChI=1S/C22H44N2O2/c1-15(2)19-11-17(13-21(5,6)23-19)25-9-10-26-18-12-20(16(3)4)24-22(7,8)14-18/h15-20,23-24H,9-14H2,1-8H3. The van der Waals surface area contributed by atoms with Gasteiger partial charge in [0.1, 0.15) is 0 Å². The summed E-state index contributed by atoms with van der Waals surface area (Å²) in [7, 11) is 0. The molecule has 0 bridgehead atoms. The van der Waals surface area contributed by atoms with Gasteiger partial charge in [0.05, 0.1) is 25.4 Å². The van der Waals surface area contributed by atoms with E-state index in [1.165, 1.54) is 0 Å². The Hall–Kier alpha value is -0.160. The quantitative estimate of drug-likeness (QED) is 0.663. The Morgan fingerprint density at radius 1 is 0.731 bits per heavy atom. The number of ether oxygens (including phenoxy) is 2. The third-order valence-electron chi connectivity index (χ3n) is 6.06. The topological polar surface area (TPSA) is 42.5 Å². The van der Waals surface area contributed by atoms with Crippen LogP contribution in [0.15, 0.2) is 0 Å². The molecule has 26 heavy (non-hydrogen) atoms. The SMILES string of the molecule is CC(C)C1CC(OCCOC2CC(C(C)C)NC(C)(C)C2)CC(C)(C)N1. The van der Waals surface area contributed by atoms with Gasteiger partial charge in [0, 0.05) is 23.2 Å². The van der Waals surface area contributed by atoms with Crippen LogP contribution < -0.4 is 10.6 Å². The molecule has 2 N–H and O–H groups in total. The predicted molar refractivity (Wildman–Crippen MR) is 110 cm³/mol. The van der Waals surface area contributed by atoms with Gasteiger partial charge in [0.2, 0.25) is 0 Å². The molecule has 2 fully saturated rings. The van der Waals surface area contributed by atoms with Gasteiger partial charge in [-0.1, -0.05) is 27.7 Å². The molecule has 0 aromatic rings. The number of piperidine rings is 2. The molecular weight excluding hydrogens is 324 g/mol. The highest BCUT2D eigenvalue weighted by Gasteiger charge is 2.36. The Morgan fingerprint density at radius 2 is 1.08 bits per heavy atom. The fourth-order valence-corrected chi connectivity index (χ4v) is 4.67. The first-order valence-corrected chi connectivity index (χ1v) is 10.8. The maximum Gasteiger partial charge on any atom is 0.0704 e. The second-order valence-electron chi connectivity index (χ2n) is 10.6. The van der Waals surface area contributed by atoms with Gasteiger partial charge < -0.3 is 20.1 Å². The van der Waals surface area contributed by atoms with Crippen molar-refractivity contribution in [1.29, 1.82) is 0 Å². The Bertz CT molecular complexity index is 394. The fourth-order valence-electron chi connectivity index (χ4n) is 4.67. The zero-order valence-electron chi connectivity index (χ0n) is 18.5. The summed E-state index contributed by atoms with van der Waals surface area (Å²) in [5, 5.41) is 7.54. The van der Waals surface area contributed by atoms with Gasteiger partial charge in [-0.3, -0.25) is 0 Å². The lowest BCUT2D eigenvalue weighted by Gasteiger charge is -2.44. The minimum atomic E-state index is 0.155. The molecule has 0 aliphatic carbocycles. The van der Waals surface area contributed by atoms with Crippen LogP contribution in [0.4, 0.5) is 0 Å². The van der Waals surface area contributed by atoms with Crippen molar-refractivity contribution in [3.63, 3.8) is 0 Å². The van der Waals surface area contributed by atoms with Gasteiger partial charge in [-0.05, 0) is 65.2 Å². The predicted octanol–water partition coefficient (Wildman–Crippen LogP) is 4.13. The summed E-state index contributed by atoms with van der Waals surface area (Å²) < 4.78 is 12.5. The van der Waals surface area contributed by atoms with Gasteiger partial charge in [-0.25, -0.2) is 0 Å². The largest absolute Gasteiger partial charge is 0.376 e. The lowest BCUT2D eigenvalue weighted by atomic mass is 9.83. The summed E-state index contributed by atoms with van der Waals surface area (Å²) in [4.78, 5) is 0. The van der Waals surface area contributed by atoms with Crippen LogP contribution in [0.25, 0.3) is 0 Å². The molecule has 2 heterocycles. The summed E-state index contributed by atoms with van der Waals surface area (Å²) in [5.74, 6) is 1.28. The van der Waals surface area contributed by atoms with E-state index in [4.69, 9.17) is 9.47 Å². The third kappa shape index (κ3) is 6.78. The van der Waals surface area contributed by atoms with Crippen molar-refractivity contribution < 1.29 is 9.47 Å². The van der Waals surface area contributed by atoms with Crippen molar-refractivity contribution in [2.75, 3.05) is 13.2 Å². The van der Waals surface area contributed by atoms with E-state index in [1.807, 2.05) is 0 Å². The van der Waals surface area contributed by atoms with E-state index in [2.05, 4.69) is 66.0 Å². The number of nitrogens with one attached hydrogen (secondary N) is 2. The first-order valence-electron chi connectivity index (χ1n) is 10.8. The second-order valence-corrected chi connectivity index (χ2v) is 10.6. The van der Waals surface area contributed by atoms with Crippen LogP contribution in [0.2, 0.25) is 0 Å². The summed E-state index contributed by atoms with van der Waals surface area (Å²) in [6.45, 7) is 19.8. The zero-order chi connectivity index (χ0) is 19.5. The number of hydrogen-bond acceptors (Lipinski definition) is 4. The molecule has 4 atom stereocenters. The van der Waals surface area contributed by atoms with Crippen LogP contribution in [0.1, 0.15) is 81.1 Å². The number of hydrogen-bond donors (Lipinski definition) is 2. The first kappa shape index (κ1) is 22.1. The van der Waals surface area contributed by atoms with E-state index < -0.39 is 0 Å². The maximum atomic E-state index is 6.24. The molecule has 0 spiro atoms. The Morgan fingerprint density at radius 3 is 1.38 bits per heavy atom. The van der Waals surface area contributed by atoms with Gasteiger partial charge in [-0.15, -0.1) is 0 Å². The third-order valence-corrected chi connectivity index (χ3v) is 6.06. The van der Waals surface area contributed by atoms with Gasteiger partial charge in [0.25, 0.3) is 0 Å². The van der Waals surface area contributed by atoms with Gasteiger partial charge >= 0.3 is 0 Å². The van der Waals surface area contributed by atoms with E-state index in [0.717, 1.165) is 25.7 Å². The average molecular weight is 369 g/mol. The van der Waals surface area contributed by atoms with E-state index >= 15 is 0 Å². The van der Waals surface area contributed by atoms with Crippen molar-refractivity contribution in [3.8, 4) is 0 Å². The molecule has 2 aliphatic rings. The molecule has 154 valence electrons. The summed E-state index contributed by atoms with van der Waals surface area (Å²) in [6, 6.07) is 1.09. The highest BCUT2D eigenvalue weighted by atomic mass is 16.5. The average Bonchev–Trinajstić information content (AvgIpc) is 2.48. The minimum Gasteiger partial charge on any atom is -0.376 e. The van der Waals surface area contributed by atoms with E-state index in [-0.39, 0.29) is 11.1 Å². The maximum absolute atomic E-state index is 6.24. The molecule has 2 saturated heterocycles. The van der Waals surface area contributed by atoms with Crippen molar-refractivity contribution in [2.24, 2.45) is 11.8 Å². The molecule has 2 rings (SSSR count). The van der Waals surface area contributed by atoms with Gasteiger partial charge in [0.15, 0.2) is 0 Å². The monoisotopic (exact) mass is 368 g/mol. The molecule has 4 heteroatoms. The smallest absolute Gasteiger partial charge is 0.0704 e. The molecule has 0 aromatic carbocycles. The van der Waals surface area contributed by atoms with Crippen LogP contribution in [-0.2, 0) is 9.47 Å². The van der Waals surface area contributed by atoms with Crippen molar-refractivity contribution in [3.05, 3.63) is 0 Å². The van der Waals surface area contributed by atoms with Crippen LogP contribution in [0.3, 0.4) is 0 Å². The van der Waals surface area contributed by atoms with E-state index in [9.17, 15) is 0 Å². The molecular formula is C22H44N2O2. The summed E-state index contributed by atoms with van der Waals surface area (Å²) in [6.07, 6.45) is 5.05. The van der Waals surface area contributed by atoms with Crippen LogP contribution in [0, 0.1) is 11.8 Å². The van der Waals surface area contributed by atoms with Crippen molar-refractivity contribution in [2.45, 2.75) is 116 Å². The van der Waals surface area contributed by atoms with Gasteiger partial charge in [-0.2, -0.15) is 0 Å². The first-order chi connectivity index (χ1) is 12.0. The molecule has 0 radical (unpaired) electrons. The Kier molecular flexibility index (Phi) is 7.57. The molecule has 0 aromatic heterocycles. The van der Waals surface area contributed by atoms with Crippen molar-refractivity contribution in [1.82, 2.24) is 10.6 Å². The van der Waals surface area contributed by atoms with Crippen molar-refractivity contribution >= 4 is 0 Å². The Labute approximate surface area is 162 Å². The zero-order valence-corrected chi connectivity index (χ0v) is 18.5. The highest BCUT2D eigenvalue weighted by Crippen LogP contribution is 2.29. The molecule has 0 saturated carbocycles. The normalized spacial score (nSPS) is 34.4. The van der Waals surface area contributed by atoms with Crippen LogP contribution in [0.5, 0.6) is 0 Å². The van der Waals surface area contributed by atoms with E-state index in [0.29, 0.717) is 49.3 Å². The van der Waals surface area contributed by atoms with Crippen LogP contribution in [-0.4, -0.2) is 48.6 Å². The summed E-state index contributed by atoms with van der Waals surface area (Å²) in [5.41, 5.74) is 0.310. The summed E-state index contributed by atoms with van der Waals surface area (Å²) >= 11 is 0. The second kappa shape index (κ2) is 8.89. The lowest BCUT2D eigenvalue weighted by Crippen LogP contribution is -2.56. The molecule has 4 nitrogen and oxygen atoms in total. The molecule has 4 unspecified atom stereocenters. The van der Waals surface area contributed by atoms with Crippen LogP contribution >= 0.6 is 0 Å². The number of rotatable bonds is 7. The highest BCUT2D eigenvalue weighted by molar-refractivity contribution is 4.94.